The molecule has 3 rings (SSSR count). The first kappa shape index (κ1) is 13.6. The molecular weight excluding hydrogens is 290 g/mol. The maximum absolute atomic E-state index is 12.2. The quantitative estimate of drug-likeness (QED) is 0.777. The van der Waals surface area contributed by atoms with Crippen LogP contribution in [0.1, 0.15) is 34.0 Å². The summed E-state index contributed by atoms with van der Waals surface area (Å²) in [7, 11) is 0. The Labute approximate surface area is 123 Å². The second-order valence-electron chi connectivity index (χ2n) is 4.84. The second kappa shape index (κ2) is 4.85. The van der Waals surface area contributed by atoms with E-state index in [0.29, 0.717) is 11.0 Å². The molecule has 21 heavy (non-hydrogen) atoms. The Bertz CT molecular complexity index is 890. The molecule has 0 aliphatic heterocycles. The smallest absolute Gasteiger partial charge is 0.335 e. The molecule has 0 saturated carbocycles. The average molecular weight is 303 g/mol. The molecule has 2 heterocycles. The van der Waals surface area contributed by atoms with Gasteiger partial charge in [0.15, 0.2) is 0 Å². The number of rotatable bonds is 3. The van der Waals surface area contributed by atoms with Crippen molar-refractivity contribution in [2.45, 2.75) is 19.9 Å². The second-order valence-corrected chi connectivity index (χ2v) is 5.73. The first-order valence-corrected chi connectivity index (χ1v) is 7.25. The molecule has 108 valence electrons. The first-order chi connectivity index (χ1) is 9.97. The maximum Gasteiger partial charge on any atom is 0.335 e. The molecule has 0 aliphatic carbocycles. The monoisotopic (exact) mass is 303 g/mol. The summed E-state index contributed by atoms with van der Waals surface area (Å²) in [5.74, 6) is -1.02. The minimum absolute atomic E-state index is 0.151. The third kappa shape index (κ3) is 2.25. The topological polar surface area (TPSA) is 88.0 Å². The van der Waals surface area contributed by atoms with Crippen molar-refractivity contribution >= 4 is 28.3 Å². The van der Waals surface area contributed by atoms with Crippen LogP contribution in [0, 0.1) is 6.92 Å². The van der Waals surface area contributed by atoms with Gasteiger partial charge in [-0.2, -0.15) is 0 Å². The van der Waals surface area contributed by atoms with E-state index in [4.69, 9.17) is 5.11 Å². The molecule has 2 aromatic heterocycles. The number of carbonyl (C=O) groups is 1. The van der Waals surface area contributed by atoms with Crippen molar-refractivity contribution in [1.82, 2.24) is 14.5 Å². The van der Waals surface area contributed by atoms with Gasteiger partial charge in [0.25, 0.3) is 0 Å². The zero-order valence-corrected chi connectivity index (χ0v) is 12.3. The fraction of sp³-hybridized carbons (Fsp3) is 0.214. The highest BCUT2D eigenvalue weighted by Gasteiger charge is 2.18. The SMILES string of the molecule is Cc1csc(C(C)n2c(=O)[nH]c3ccc(C(=O)O)cc32)n1. The Morgan fingerprint density at radius 1 is 1.48 bits per heavy atom. The van der Waals surface area contributed by atoms with Gasteiger partial charge in [-0.05, 0) is 32.0 Å². The van der Waals surface area contributed by atoms with Gasteiger partial charge in [0.2, 0.25) is 0 Å². The predicted octanol–water partition coefficient (Wildman–Crippen LogP) is 2.40. The van der Waals surface area contributed by atoms with Crippen LogP contribution in [-0.4, -0.2) is 25.6 Å². The summed E-state index contributed by atoms with van der Waals surface area (Å²) in [5.41, 5.74) is 1.97. The largest absolute Gasteiger partial charge is 0.478 e. The summed E-state index contributed by atoms with van der Waals surface area (Å²) >= 11 is 1.48. The minimum Gasteiger partial charge on any atom is -0.478 e. The normalized spacial score (nSPS) is 12.7. The van der Waals surface area contributed by atoms with Gasteiger partial charge in [-0.15, -0.1) is 11.3 Å². The van der Waals surface area contributed by atoms with Crippen LogP contribution in [0.2, 0.25) is 0 Å². The van der Waals surface area contributed by atoms with E-state index in [0.717, 1.165) is 10.7 Å². The van der Waals surface area contributed by atoms with Crippen LogP contribution in [0.4, 0.5) is 0 Å². The number of imidazole rings is 1. The van der Waals surface area contributed by atoms with E-state index < -0.39 is 5.97 Å². The standard InChI is InChI=1S/C14H13N3O3S/c1-7-6-21-12(15-7)8(2)17-11-5-9(13(18)19)3-4-10(11)16-14(17)20/h3-6,8H,1-2H3,(H,16,20)(H,18,19). The molecule has 0 radical (unpaired) electrons. The number of H-pyrrole nitrogens is 1. The molecule has 2 N–H and O–H groups in total. The van der Waals surface area contributed by atoms with Crippen LogP contribution < -0.4 is 5.69 Å². The Balaban J connectivity index is 2.21. The maximum atomic E-state index is 12.2. The Hall–Kier alpha value is -2.41. The Kier molecular flexibility index (Phi) is 3.13. The van der Waals surface area contributed by atoms with Crippen LogP contribution in [0.25, 0.3) is 11.0 Å². The number of nitrogens with zero attached hydrogens (tertiary/aromatic N) is 2. The van der Waals surface area contributed by atoms with E-state index in [1.807, 2.05) is 19.2 Å². The molecule has 0 amide bonds. The van der Waals surface area contributed by atoms with Crippen LogP contribution in [0.3, 0.4) is 0 Å². The fourth-order valence-electron chi connectivity index (χ4n) is 2.31. The van der Waals surface area contributed by atoms with Gasteiger partial charge >= 0.3 is 11.7 Å². The number of carboxylic acids is 1. The molecule has 1 unspecified atom stereocenters. The van der Waals surface area contributed by atoms with Gasteiger partial charge in [0, 0.05) is 11.1 Å². The number of aryl methyl sites for hydroxylation is 1. The number of benzene rings is 1. The van der Waals surface area contributed by atoms with Crippen molar-refractivity contribution < 1.29 is 9.90 Å². The van der Waals surface area contributed by atoms with Gasteiger partial charge in [-0.25, -0.2) is 14.6 Å². The van der Waals surface area contributed by atoms with Gasteiger partial charge in [-0.3, -0.25) is 4.57 Å². The number of nitrogens with one attached hydrogen (secondary N) is 1. The molecule has 0 bridgehead atoms. The number of aromatic carboxylic acids is 1. The highest BCUT2D eigenvalue weighted by Crippen LogP contribution is 2.24. The molecule has 1 aromatic carbocycles. The third-order valence-corrected chi connectivity index (χ3v) is 4.48. The fourth-order valence-corrected chi connectivity index (χ4v) is 3.16. The molecule has 3 aromatic rings. The molecule has 6 nitrogen and oxygen atoms in total. The summed E-state index contributed by atoms with van der Waals surface area (Å²) in [6.45, 7) is 3.77. The zero-order chi connectivity index (χ0) is 15.1. The van der Waals surface area contributed by atoms with Crippen molar-refractivity contribution in [2.24, 2.45) is 0 Å². The highest BCUT2D eigenvalue weighted by molar-refractivity contribution is 7.09. The van der Waals surface area contributed by atoms with E-state index in [-0.39, 0.29) is 17.3 Å². The summed E-state index contributed by atoms with van der Waals surface area (Å²) in [4.78, 5) is 30.4. The number of thiazole rings is 1. The van der Waals surface area contributed by atoms with E-state index >= 15 is 0 Å². The van der Waals surface area contributed by atoms with Gasteiger partial charge in [-0.1, -0.05) is 0 Å². The first-order valence-electron chi connectivity index (χ1n) is 6.37. The van der Waals surface area contributed by atoms with Crippen LogP contribution in [0.5, 0.6) is 0 Å². The van der Waals surface area contributed by atoms with Crippen molar-refractivity contribution in [3.63, 3.8) is 0 Å². The van der Waals surface area contributed by atoms with Crippen molar-refractivity contribution in [3.8, 4) is 0 Å². The number of carboxylic acid groups (broad SMARTS) is 1. The number of hydrogen-bond donors (Lipinski definition) is 2. The van der Waals surface area contributed by atoms with E-state index in [2.05, 4.69) is 9.97 Å². The van der Waals surface area contributed by atoms with Gasteiger partial charge in [0.1, 0.15) is 5.01 Å². The van der Waals surface area contributed by atoms with Crippen LogP contribution in [0.15, 0.2) is 28.4 Å². The summed E-state index contributed by atoms with van der Waals surface area (Å²) in [6, 6.07) is 4.33. The lowest BCUT2D eigenvalue weighted by atomic mass is 10.2. The lowest BCUT2D eigenvalue weighted by molar-refractivity contribution is 0.0697. The van der Waals surface area contributed by atoms with E-state index in [1.54, 1.807) is 10.6 Å². The summed E-state index contributed by atoms with van der Waals surface area (Å²) < 4.78 is 1.54. The summed E-state index contributed by atoms with van der Waals surface area (Å²) in [5, 5.41) is 11.8. The minimum atomic E-state index is -1.02. The highest BCUT2D eigenvalue weighted by atomic mass is 32.1. The van der Waals surface area contributed by atoms with Crippen LogP contribution >= 0.6 is 11.3 Å². The van der Waals surface area contributed by atoms with Crippen molar-refractivity contribution in [1.29, 1.82) is 0 Å². The predicted molar refractivity (Wildman–Crippen MR) is 80.2 cm³/mol. The average Bonchev–Trinajstić information content (AvgIpc) is 3.00. The number of aromatic nitrogens is 3. The van der Waals surface area contributed by atoms with E-state index in [9.17, 15) is 9.59 Å². The van der Waals surface area contributed by atoms with Gasteiger partial charge in [0.05, 0.1) is 22.6 Å². The van der Waals surface area contributed by atoms with Crippen molar-refractivity contribution in [2.75, 3.05) is 0 Å². The molecular formula is C14H13N3O3S. The van der Waals surface area contributed by atoms with Gasteiger partial charge < -0.3 is 10.1 Å². The lowest BCUT2D eigenvalue weighted by Crippen LogP contribution is -2.21. The lowest BCUT2D eigenvalue weighted by Gasteiger charge is -2.10. The molecule has 0 spiro atoms. The number of aromatic amines is 1. The molecule has 0 aliphatic rings. The molecule has 0 saturated heterocycles. The van der Waals surface area contributed by atoms with E-state index in [1.165, 1.54) is 23.5 Å². The zero-order valence-electron chi connectivity index (χ0n) is 11.5. The van der Waals surface area contributed by atoms with Crippen molar-refractivity contribution in [3.05, 3.63) is 50.3 Å². The number of fused-ring (bicyclic) bond motifs is 1. The third-order valence-electron chi connectivity index (χ3n) is 3.35. The summed E-state index contributed by atoms with van der Waals surface area (Å²) in [6.07, 6.45) is 0. The Morgan fingerprint density at radius 2 is 2.24 bits per heavy atom. The van der Waals surface area contributed by atoms with Crippen LogP contribution in [-0.2, 0) is 0 Å². The Morgan fingerprint density at radius 3 is 2.86 bits per heavy atom. The molecule has 0 fully saturated rings. The molecule has 1 atom stereocenters. The molecule has 7 heteroatoms. The number of hydrogen-bond acceptors (Lipinski definition) is 4.